The van der Waals surface area contributed by atoms with E-state index in [0.717, 1.165) is 22.3 Å². The van der Waals surface area contributed by atoms with Crippen molar-refractivity contribution >= 4 is 23.9 Å². The van der Waals surface area contributed by atoms with Crippen LogP contribution < -0.4 is 4.74 Å². The zero-order chi connectivity index (χ0) is 21.0. The number of hydrogen-bond donors (Lipinski definition) is 1. The molecule has 150 valence electrons. The molecule has 29 heavy (non-hydrogen) atoms. The maximum absolute atomic E-state index is 10.9. The number of carboxylic acids is 1. The van der Waals surface area contributed by atoms with Crippen molar-refractivity contribution in [3.05, 3.63) is 64.2 Å². The molecule has 0 saturated heterocycles. The van der Waals surface area contributed by atoms with Gasteiger partial charge in [-0.2, -0.15) is 5.26 Å². The Morgan fingerprint density at radius 2 is 2.14 bits per heavy atom. The van der Waals surface area contributed by atoms with E-state index in [2.05, 4.69) is 17.1 Å². The van der Waals surface area contributed by atoms with Gasteiger partial charge in [0, 0.05) is 12.6 Å². The van der Waals surface area contributed by atoms with Gasteiger partial charge in [0.1, 0.15) is 16.6 Å². The molecule has 1 aliphatic rings. The number of carboxylic acid groups (broad SMARTS) is 1. The SMILES string of the molecule is Cc1cc(CCC(=O)O)ccc1C1(c2ccc(OC(C)C)c(C#N)c2)C=NCS1. The number of aliphatic imine (C=N–C) groups is 1. The zero-order valence-electron chi connectivity index (χ0n) is 16.8. The number of carbonyl (C=O) groups is 1. The van der Waals surface area contributed by atoms with Crippen molar-refractivity contribution in [2.75, 3.05) is 5.88 Å². The van der Waals surface area contributed by atoms with E-state index in [-0.39, 0.29) is 12.5 Å². The van der Waals surface area contributed by atoms with Crippen LogP contribution in [0.3, 0.4) is 0 Å². The molecule has 1 heterocycles. The highest BCUT2D eigenvalue weighted by atomic mass is 32.2. The predicted molar refractivity (Wildman–Crippen MR) is 116 cm³/mol. The van der Waals surface area contributed by atoms with Crippen molar-refractivity contribution < 1.29 is 14.6 Å². The molecule has 0 aliphatic carbocycles. The van der Waals surface area contributed by atoms with Gasteiger partial charge in [-0.3, -0.25) is 9.79 Å². The minimum atomic E-state index is -0.797. The molecule has 2 aromatic carbocycles. The van der Waals surface area contributed by atoms with E-state index in [1.807, 2.05) is 57.3 Å². The Balaban J connectivity index is 2.02. The van der Waals surface area contributed by atoms with E-state index < -0.39 is 10.7 Å². The fourth-order valence-electron chi connectivity index (χ4n) is 3.56. The lowest BCUT2D eigenvalue weighted by atomic mass is 9.86. The summed E-state index contributed by atoms with van der Waals surface area (Å²) in [6.45, 7) is 5.91. The molecule has 5 nitrogen and oxygen atoms in total. The maximum Gasteiger partial charge on any atom is 0.303 e. The number of hydrogen-bond acceptors (Lipinski definition) is 5. The maximum atomic E-state index is 10.9. The summed E-state index contributed by atoms with van der Waals surface area (Å²) in [6, 6.07) is 14.1. The Hall–Kier alpha value is -2.78. The quantitative estimate of drug-likeness (QED) is 0.719. The Labute approximate surface area is 175 Å². The van der Waals surface area contributed by atoms with Crippen molar-refractivity contribution in [1.29, 1.82) is 5.26 Å². The van der Waals surface area contributed by atoms with Gasteiger partial charge in [-0.25, -0.2) is 0 Å². The molecule has 0 amide bonds. The summed E-state index contributed by atoms with van der Waals surface area (Å²) in [6.07, 6.45) is 2.56. The van der Waals surface area contributed by atoms with Gasteiger partial charge >= 0.3 is 5.97 Å². The van der Waals surface area contributed by atoms with Gasteiger partial charge in [0.2, 0.25) is 0 Å². The van der Waals surface area contributed by atoms with Crippen LogP contribution in [0.4, 0.5) is 0 Å². The number of aryl methyl sites for hydroxylation is 2. The van der Waals surface area contributed by atoms with Gasteiger partial charge in [0.05, 0.1) is 17.5 Å². The molecule has 1 aliphatic heterocycles. The monoisotopic (exact) mass is 408 g/mol. The first kappa shape index (κ1) is 20.9. The highest BCUT2D eigenvalue weighted by molar-refractivity contribution is 8.01. The number of nitrogens with zero attached hydrogens (tertiary/aromatic N) is 2. The summed E-state index contributed by atoms with van der Waals surface area (Å²) in [7, 11) is 0. The predicted octanol–water partition coefficient (Wildman–Crippen LogP) is 4.69. The number of rotatable bonds is 7. The first-order valence-corrected chi connectivity index (χ1v) is 10.5. The van der Waals surface area contributed by atoms with Crippen LogP contribution in [0.15, 0.2) is 41.4 Å². The summed E-state index contributed by atoms with van der Waals surface area (Å²) in [5.74, 6) is 0.434. The highest BCUT2D eigenvalue weighted by Crippen LogP contribution is 2.46. The Morgan fingerprint density at radius 1 is 1.34 bits per heavy atom. The second kappa shape index (κ2) is 8.71. The molecule has 3 rings (SSSR count). The molecule has 1 N–H and O–H groups in total. The third-order valence-electron chi connectivity index (χ3n) is 4.85. The number of nitriles is 1. The van der Waals surface area contributed by atoms with Crippen molar-refractivity contribution in [1.82, 2.24) is 0 Å². The molecular weight excluding hydrogens is 384 g/mol. The molecular formula is C23H24N2O3S. The molecule has 0 aromatic heterocycles. The number of thioether (sulfide) groups is 1. The molecule has 2 aromatic rings. The third kappa shape index (κ3) is 4.46. The molecule has 0 bridgehead atoms. The van der Waals surface area contributed by atoms with Gasteiger partial charge in [0.25, 0.3) is 0 Å². The molecule has 1 atom stereocenters. The van der Waals surface area contributed by atoms with E-state index in [4.69, 9.17) is 9.84 Å². The van der Waals surface area contributed by atoms with E-state index in [9.17, 15) is 10.1 Å². The first-order chi connectivity index (χ1) is 13.9. The minimum absolute atomic E-state index is 0.00933. The summed E-state index contributed by atoms with van der Waals surface area (Å²) < 4.78 is 5.29. The van der Waals surface area contributed by atoms with Crippen LogP contribution in [-0.4, -0.2) is 29.3 Å². The van der Waals surface area contributed by atoms with Crippen LogP contribution in [0.1, 0.15) is 48.1 Å². The Bertz CT molecular complexity index is 994. The van der Waals surface area contributed by atoms with Gasteiger partial charge in [-0.15, -0.1) is 11.8 Å². The number of benzene rings is 2. The van der Waals surface area contributed by atoms with Gasteiger partial charge in [0.15, 0.2) is 0 Å². The molecule has 1 unspecified atom stereocenters. The summed E-state index contributed by atoms with van der Waals surface area (Å²) >= 11 is 1.71. The van der Waals surface area contributed by atoms with Crippen LogP contribution >= 0.6 is 11.8 Å². The van der Waals surface area contributed by atoms with Gasteiger partial charge in [-0.05, 0) is 61.6 Å². The second-order valence-corrected chi connectivity index (χ2v) is 8.54. The molecule has 0 radical (unpaired) electrons. The van der Waals surface area contributed by atoms with Crippen LogP contribution in [0.2, 0.25) is 0 Å². The van der Waals surface area contributed by atoms with Gasteiger partial charge < -0.3 is 9.84 Å². The van der Waals surface area contributed by atoms with Crippen LogP contribution in [0.5, 0.6) is 5.75 Å². The third-order valence-corrected chi connectivity index (χ3v) is 6.14. The van der Waals surface area contributed by atoms with E-state index >= 15 is 0 Å². The summed E-state index contributed by atoms with van der Waals surface area (Å²) in [5, 5.41) is 18.6. The Kier molecular flexibility index (Phi) is 6.29. The van der Waals surface area contributed by atoms with Crippen molar-refractivity contribution in [2.45, 2.75) is 44.5 Å². The fourth-order valence-corrected chi connectivity index (χ4v) is 4.74. The van der Waals surface area contributed by atoms with Crippen LogP contribution in [0, 0.1) is 18.3 Å². The summed E-state index contributed by atoms with van der Waals surface area (Å²) in [4.78, 5) is 15.4. The largest absolute Gasteiger partial charge is 0.490 e. The number of ether oxygens (including phenoxy) is 1. The van der Waals surface area contributed by atoms with Gasteiger partial charge in [-0.1, -0.05) is 24.3 Å². The van der Waals surface area contributed by atoms with Crippen LogP contribution in [0.25, 0.3) is 0 Å². The lowest BCUT2D eigenvalue weighted by Gasteiger charge is -2.29. The highest BCUT2D eigenvalue weighted by Gasteiger charge is 2.38. The molecule has 0 spiro atoms. The van der Waals surface area contributed by atoms with E-state index in [1.165, 1.54) is 0 Å². The average molecular weight is 409 g/mol. The van der Waals surface area contributed by atoms with E-state index in [1.54, 1.807) is 11.8 Å². The Morgan fingerprint density at radius 3 is 2.72 bits per heavy atom. The zero-order valence-corrected chi connectivity index (χ0v) is 17.6. The lowest BCUT2D eigenvalue weighted by molar-refractivity contribution is -0.136. The smallest absolute Gasteiger partial charge is 0.303 e. The molecule has 6 heteroatoms. The molecule has 0 saturated carbocycles. The van der Waals surface area contributed by atoms with Crippen molar-refractivity contribution in [2.24, 2.45) is 4.99 Å². The van der Waals surface area contributed by atoms with E-state index in [0.29, 0.717) is 23.6 Å². The minimum Gasteiger partial charge on any atom is -0.490 e. The first-order valence-electron chi connectivity index (χ1n) is 9.53. The van der Waals surface area contributed by atoms with Crippen molar-refractivity contribution in [3.63, 3.8) is 0 Å². The normalized spacial score (nSPS) is 18.0. The standard InChI is InChI=1S/C23H24N2O3S/c1-15(2)28-21-8-6-19(11-18(21)12-24)23(13-25-14-29-23)20-7-4-17(10-16(20)3)5-9-22(26)27/h4,6-8,10-11,13,15H,5,9,14H2,1-3H3,(H,26,27). The van der Waals surface area contributed by atoms with Crippen LogP contribution in [-0.2, 0) is 16.0 Å². The summed E-state index contributed by atoms with van der Waals surface area (Å²) in [5.41, 5.74) is 4.67. The fraction of sp³-hybridized carbons (Fsp3) is 0.348. The molecule has 0 fully saturated rings. The topological polar surface area (TPSA) is 82.7 Å². The lowest BCUT2D eigenvalue weighted by Crippen LogP contribution is -2.24. The second-order valence-electron chi connectivity index (χ2n) is 7.35. The average Bonchev–Trinajstić information content (AvgIpc) is 3.17. The number of aliphatic carboxylic acids is 1. The van der Waals surface area contributed by atoms with Crippen molar-refractivity contribution in [3.8, 4) is 11.8 Å².